The zero-order valence-corrected chi connectivity index (χ0v) is 18.3. The Bertz CT molecular complexity index is 1330. The van der Waals surface area contributed by atoms with Gasteiger partial charge in [0.15, 0.2) is 5.69 Å². The second kappa shape index (κ2) is 9.10. The van der Waals surface area contributed by atoms with E-state index in [2.05, 4.69) is 10.4 Å². The van der Waals surface area contributed by atoms with E-state index in [0.717, 1.165) is 4.90 Å². The predicted molar refractivity (Wildman–Crippen MR) is 118 cm³/mol. The highest BCUT2D eigenvalue weighted by Crippen LogP contribution is 2.28. The number of fused-ring (bicyclic) bond motifs is 1. The van der Waals surface area contributed by atoms with Gasteiger partial charge in [0.05, 0.1) is 10.5 Å². The number of carboxylic acids is 1. The molecule has 12 heteroatoms. The maximum Gasteiger partial charge on any atom is 0.326 e. The van der Waals surface area contributed by atoms with Gasteiger partial charge in [0.1, 0.15) is 24.4 Å². The molecule has 1 fully saturated rings. The Morgan fingerprint density at radius 1 is 1.15 bits per heavy atom. The van der Waals surface area contributed by atoms with Crippen LogP contribution in [0.5, 0.6) is 0 Å². The number of nitrogens with one attached hydrogen (secondary N) is 1. The van der Waals surface area contributed by atoms with E-state index in [9.17, 15) is 28.7 Å². The summed E-state index contributed by atoms with van der Waals surface area (Å²) in [6, 6.07) is 8.71. The Hall–Kier alpha value is -3.99. The van der Waals surface area contributed by atoms with Crippen molar-refractivity contribution in [1.82, 2.24) is 20.0 Å². The Morgan fingerprint density at radius 3 is 2.59 bits per heavy atom. The highest BCUT2D eigenvalue weighted by Gasteiger charge is 2.49. The van der Waals surface area contributed by atoms with Crippen molar-refractivity contribution in [3.8, 4) is 0 Å². The number of benzene rings is 2. The molecule has 4 rings (SSSR count). The molecule has 10 nitrogen and oxygen atoms in total. The van der Waals surface area contributed by atoms with E-state index in [1.54, 1.807) is 24.3 Å². The number of primary amides is 1. The van der Waals surface area contributed by atoms with Crippen molar-refractivity contribution >= 4 is 46.2 Å². The highest BCUT2D eigenvalue weighted by molar-refractivity contribution is 6.30. The summed E-state index contributed by atoms with van der Waals surface area (Å²) in [5, 5.41) is 16.4. The van der Waals surface area contributed by atoms with Gasteiger partial charge in [-0.05, 0) is 12.1 Å². The lowest BCUT2D eigenvalue weighted by Gasteiger charge is -2.45. The molecule has 2 atom stereocenters. The van der Waals surface area contributed by atoms with Crippen LogP contribution >= 0.6 is 11.6 Å². The zero-order valence-electron chi connectivity index (χ0n) is 17.6. The molecule has 0 unspecified atom stereocenters. The molecule has 34 heavy (non-hydrogen) atoms. The van der Waals surface area contributed by atoms with Crippen LogP contribution in [0, 0.1) is 5.82 Å². The smallest absolute Gasteiger partial charge is 0.326 e. The van der Waals surface area contributed by atoms with E-state index in [-0.39, 0.29) is 29.2 Å². The molecule has 4 N–H and O–H groups in total. The molecule has 1 saturated heterocycles. The van der Waals surface area contributed by atoms with Crippen molar-refractivity contribution in [3.63, 3.8) is 0 Å². The van der Waals surface area contributed by atoms with Crippen LogP contribution in [0.3, 0.4) is 0 Å². The fourth-order valence-corrected chi connectivity index (χ4v) is 4.14. The van der Waals surface area contributed by atoms with E-state index >= 15 is 0 Å². The number of carboxylic acid groups (broad SMARTS) is 1. The molecule has 1 aliphatic rings. The monoisotopic (exact) mass is 487 g/mol. The zero-order chi connectivity index (χ0) is 24.6. The molecule has 3 aromatic rings. The second-order valence-corrected chi connectivity index (χ2v) is 8.13. The van der Waals surface area contributed by atoms with Gasteiger partial charge in [-0.2, -0.15) is 5.10 Å². The lowest BCUT2D eigenvalue weighted by Crippen LogP contribution is -2.66. The number of nitrogens with zero attached hydrogens (tertiary/aromatic N) is 3. The molecule has 176 valence electrons. The quantitative estimate of drug-likeness (QED) is 0.457. The van der Waals surface area contributed by atoms with Crippen molar-refractivity contribution in [2.24, 2.45) is 5.73 Å². The van der Waals surface area contributed by atoms with Crippen molar-refractivity contribution in [2.75, 3.05) is 0 Å². The molecule has 1 aromatic heterocycles. The number of halogens is 2. The first-order chi connectivity index (χ1) is 16.2. The molecule has 2 aromatic carbocycles. The SMILES string of the molecule is NC(=O)c1nn(CC(=O)N2[C@H](C(=O)O)C[C@H]2C(=O)NCc2cccc(Cl)c2F)c2ccccc12. The predicted octanol–water partition coefficient (Wildman–Crippen LogP) is 1.30. The summed E-state index contributed by atoms with van der Waals surface area (Å²) >= 11 is 5.75. The number of hydrogen-bond donors (Lipinski definition) is 3. The van der Waals surface area contributed by atoms with Gasteiger partial charge in [0, 0.05) is 23.9 Å². The molecule has 0 spiro atoms. The molecule has 2 heterocycles. The average Bonchev–Trinajstić information content (AvgIpc) is 3.12. The minimum absolute atomic E-state index is 0.0281. The molecule has 0 radical (unpaired) electrons. The summed E-state index contributed by atoms with van der Waals surface area (Å²) < 4.78 is 15.3. The summed E-state index contributed by atoms with van der Waals surface area (Å²) in [6.07, 6.45) is -0.0999. The molecule has 0 bridgehead atoms. The van der Waals surface area contributed by atoms with Crippen LogP contribution in [0.15, 0.2) is 42.5 Å². The van der Waals surface area contributed by atoms with E-state index < -0.39 is 48.1 Å². The summed E-state index contributed by atoms with van der Waals surface area (Å²) in [4.78, 5) is 50.0. The van der Waals surface area contributed by atoms with Crippen LogP contribution in [-0.2, 0) is 27.5 Å². The summed E-state index contributed by atoms with van der Waals surface area (Å²) in [5.41, 5.74) is 5.94. The third-order valence-corrected chi connectivity index (χ3v) is 5.95. The molecular weight excluding hydrogens is 469 g/mol. The minimum atomic E-state index is -1.26. The number of carbonyl (C=O) groups is 4. The van der Waals surface area contributed by atoms with Gasteiger partial charge in [-0.25, -0.2) is 9.18 Å². The fraction of sp³-hybridized carbons (Fsp3) is 0.227. The number of amides is 3. The first-order valence-electron chi connectivity index (χ1n) is 10.2. The fourth-order valence-electron chi connectivity index (χ4n) is 3.94. The third kappa shape index (κ3) is 4.17. The maximum atomic E-state index is 14.1. The lowest BCUT2D eigenvalue weighted by atomic mass is 9.91. The van der Waals surface area contributed by atoms with Crippen LogP contribution in [0.25, 0.3) is 10.9 Å². The first-order valence-corrected chi connectivity index (χ1v) is 10.6. The van der Waals surface area contributed by atoms with Crippen molar-refractivity contribution in [3.05, 3.63) is 64.6 Å². The number of nitrogens with two attached hydrogens (primary N) is 1. The number of rotatable bonds is 7. The second-order valence-electron chi connectivity index (χ2n) is 7.72. The molecule has 3 amide bonds. The number of carbonyl (C=O) groups excluding carboxylic acids is 3. The van der Waals surface area contributed by atoms with E-state index in [1.807, 2.05) is 0 Å². The summed E-state index contributed by atoms with van der Waals surface area (Å²) in [7, 11) is 0. The Kier molecular flexibility index (Phi) is 6.20. The lowest BCUT2D eigenvalue weighted by molar-refractivity contribution is -0.167. The minimum Gasteiger partial charge on any atom is -0.480 e. The molecule has 0 aliphatic carbocycles. The van der Waals surface area contributed by atoms with Crippen LogP contribution in [0.1, 0.15) is 22.5 Å². The number of aromatic nitrogens is 2. The topological polar surface area (TPSA) is 148 Å². The van der Waals surface area contributed by atoms with E-state index in [0.29, 0.717) is 10.9 Å². The number of para-hydroxylation sites is 1. The van der Waals surface area contributed by atoms with Crippen LogP contribution < -0.4 is 11.1 Å². The normalized spacial score (nSPS) is 17.3. The summed E-state index contributed by atoms with van der Waals surface area (Å²) in [6.45, 7) is -0.600. The standard InChI is InChI=1S/C22H19ClFN5O5/c23-13-6-3-4-11(18(13)24)9-26-21(32)15-8-16(22(33)34)29(15)17(30)10-28-14-7-2-1-5-12(14)19(27-28)20(25)31/h1-7,15-16H,8-10H2,(H2,25,31)(H,26,32)(H,33,34)/t15-,16-/m0/s1. The summed E-state index contributed by atoms with van der Waals surface area (Å²) in [5.74, 6) is -4.03. The van der Waals surface area contributed by atoms with Gasteiger partial charge in [-0.3, -0.25) is 19.1 Å². The van der Waals surface area contributed by atoms with Gasteiger partial charge in [-0.15, -0.1) is 0 Å². The van der Waals surface area contributed by atoms with Crippen LogP contribution in [-0.4, -0.2) is 55.6 Å². The van der Waals surface area contributed by atoms with Crippen molar-refractivity contribution < 1.29 is 28.7 Å². The van der Waals surface area contributed by atoms with Crippen LogP contribution in [0.4, 0.5) is 4.39 Å². The van der Waals surface area contributed by atoms with E-state index in [4.69, 9.17) is 17.3 Å². The van der Waals surface area contributed by atoms with Crippen molar-refractivity contribution in [2.45, 2.75) is 31.6 Å². The van der Waals surface area contributed by atoms with Crippen molar-refractivity contribution in [1.29, 1.82) is 0 Å². The molecular formula is C22H19ClFN5O5. The Balaban J connectivity index is 1.52. The largest absolute Gasteiger partial charge is 0.480 e. The Morgan fingerprint density at radius 2 is 1.88 bits per heavy atom. The number of aliphatic carboxylic acids is 1. The average molecular weight is 488 g/mol. The molecule has 1 aliphatic heterocycles. The number of likely N-dealkylation sites (tertiary alicyclic amines) is 1. The first kappa shape index (κ1) is 23.2. The highest BCUT2D eigenvalue weighted by atomic mass is 35.5. The van der Waals surface area contributed by atoms with Gasteiger partial charge in [0.25, 0.3) is 5.91 Å². The van der Waals surface area contributed by atoms with Gasteiger partial charge in [-0.1, -0.05) is 41.9 Å². The third-order valence-electron chi connectivity index (χ3n) is 5.65. The van der Waals surface area contributed by atoms with Gasteiger partial charge in [0.2, 0.25) is 11.8 Å². The van der Waals surface area contributed by atoms with Gasteiger partial charge < -0.3 is 21.1 Å². The van der Waals surface area contributed by atoms with Gasteiger partial charge >= 0.3 is 5.97 Å². The number of hydrogen-bond acceptors (Lipinski definition) is 5. The molecule has 0 saturated carbocycles. The van der Waals surface area contributed by atoms with E-state index in [1.165, 1.54) is 22.9 Å². The van der Waals surface area contributed by atoms with Crippen LogP contribution in [0.2, 0.25) is 5.02 Å². The Labute approximate surface area is 197 Å². The maximum absolute atomic E-state index is 14.1.